The Bertz CT molecular complexity index is 425. The lowest BCUT2D eigenvalue weighted by Crippen LogP contribution is -2.31. The van der Waals surface area contributed by atoms with E-state index in [9.17, 15) is 9.50 Å². The van der Waals surface area contributed by atoms with E-state index in [0.717, 1.165) is 13.0 Å². The van der Waals surface area contributed by atoms with Crippen molar-refractivity contribution in [3.8, 4) is 6.07 Å². The van der Waals surface area contributed by atoms with E-state index < -0.39 is 6.10 Å². The molecule has 0 fully saturated rings. The van der Waals surface area contributed by atoms with Gasteiger partial charge in [-0.2, -0.15) is 5.26 Å². The maximum Gasteiger partial charge on any atom is 0.123 e. The normalized spacial score (nSPS) is 12.7. The molecule has 1 atom stereocenters. The van der Waals surface area contributed by atoms with Crippen LogP contribution in [0.4, 0.5) is 4.39 Å². The van der Waals surface area contributed by atoms with Gasteiger partial charge in [-0.1, -0.05) is 26.0 Å². The molecule has 0 saturated heterocycles. The van der Waals surface area contributed by atoms with Crippen LogP contribution in [0.3, 0.4) is 0 Å². The zero-order valence-corrected chi connectivity index (χ0v) is 12.2. The van der Waals surface area contributed by atoms with Crippen LogP contribution in [0.1, 0.15) is 38.4 Å². The fraction of sp³-hybridized carbons (Fsp3) is 0.562. The number of aliphatic hydroxyl groups is 1. The average Bonchev–Trinajstić information content (AvgIpc) is 2.42. The summed E-state index contributed by atoms with van der Waals surface area (Å²) in [4.78, 5) is 2.09. The monoisotopic (exact) mass is 278 g/mol. The van der Waals surface area contributed by atoms with Crippen LogP contribution in [-0.4, -0.2) is 29.6 Å². The van der Waals surface area contributed by atoms with Gasteiger partial charge in [0.1, 0.15) is 5.82 Å². The SMILES string of the molecule is CC(C)CCN(CCC#N)CC(O)c1ccc(F)cc1. The van der Waals surface area contributed by atoms with Crippen LogP contribution >= 0.6 is 0 Å². The number of benzene rings is 1. The van der Waals surface area contributed by atoms with E-state index >= 15 is 0 Å². The zero-order chi connectivity index (χ0) is 15.0. The number of aliphatic hydroxyl groups excluding tert-OH is 1. The van der Waals surface area contributed by atoms with Gasteiger partial charge in [-0.3, -0.25) is 4.90 Å². The van der Waals surface area contributed by atoms with Crippen molar-refractivity contribution in [3.05, 3.63) is 35.6 Å². The molecule has 4 heteroatoms. The Morgan fingerprint density at radius 1 is 1.25 bits per heavy atom. The second-order valence-corrected chi connectivity index (χ2v) is 5.46. The molecule has 0 amide bonds. The van der Waals surface area contributed by atoms with Crippen molar-refractivity contribution in [1.29, 1.82) is 5.26 Å². The fourth-order valence-corrected chi connectivity index (χ4v) is 1.98. The van der Waals surface area contributed by atoms with E-state index in [1.54, 1.807) is 12.1 Å². The Balaban J connectivity index is 2.58. The summed E-state index contributed by atoms with van der Waals surface area (Å²) in [7, 11) is 0. The second kappa shape index (κ2) is 8.68. The summed E-state index contributed by atoms with van der Waals surface area (Å²) in [6.45, 7) is 6.29. The molecule has 0 aromatic heterocycles. The first kappa shape index (κ1) is 16.6. The molecule has 0 bridgehead atoms. The molecule has 1 unspecified atom stereocenters. The zero-order valence-electron chi connectivity index (χ0n) is 12.2. The van der Waals surface area contributed by atoms with Gasteiger partial charge in [-0.15, -0.1) is 0 Å². The standard InChI is InChI=1S/C16H23FN2O/c1-13(2)8-11-19(10-3-9-18)12-16(20)14-4-6-15(17)7-5-14/h4-7,13,16,20H,3,8,10-12H2,1-2H3. The van der Waals surface area contributed by atoms with Crippen molar-refractivity contribution in [2.45, 2.75) is 32.8 Å². The van der Waals surface area contributed by atoms with E-state index in [2.05, 4.69) is 24.8 Å². The number of nitriles is 1. The minimum Gasteiger partial charge on any atom is -0.387 e. The molecule has 0 aliphatic carbocycles. The molecule has 0 saturated carbocycles. The molecular formula is C16H23FN2O. The summed E-state index contributed by atoms with van der Waals surface area (Å²) in [5.74, 6) is 0.282. The van der Waals surface area contributed by atoms with Crippen LogP contribution in [0.2, 0.25) is 0 Å². The summed E-state index contributed by atoms with van der Waals surface area (Å²) in [6.07, 6.45) is 0.831. The molecule has 0 aliphatic heterocycles. The first-order chi connectivity index (χ1) is 9.52. The molecule has 0 spiro atoms. The third-order valence-corrected chi connectivity index (χ3v) is 3.25. The van der Waals surface area contributed by atoms with Crippen molar-refractivity contribution < 1.29 is 9.50 Å². The van der Waals surface area contributed by atoms with Gasteiger partial charge < -0.3 is 5.11 Å². The lowest BCUT2D eigenvalue weighted by molar-refractivity contribution is 0.111. The van der Waals surface area contributed by atoms with E-state index in [4.69, 9.17) is 5.26 Å². The first-order valence-electron chi connectivity index (χ1n) is 7.05. The highest BCUT2D eigenvalue weighted by Gasteiger charge is 2.14. The minimum absolute atomic E-state index is 0.304. The molecule has 0 aliphatic rings. The molecular weight excluding hydrogens is 255 g/mol. The highest BCUT2D eigenvalue weighted by Crippen LogP contribution is 2.16. The Labute approximate surface area is 120 Å². The number of hydrogen-bond donors (Lipinski definition) is 1. The largest absolute Gasteiger partial charge is 0.387 e. The number of hydrogen-bond acceptors (Lipinski definition) is 3. The third kappa shape index (κ3) is 6.14. The van der Waals surface area contributed by atoms with Crippen molar-refractivity contribution in [1.82, 2.24) is 4.90 Å². The van der Waals surface area contributed by atoms with Gasteiger partial charge in [0.15, 0.2) is 0 Å². The molecule has 1 rings (SSSR count). The Morgan fingerprint density at radius 2 is 1.90 bits per heavy atom. The molecule has 1 aromatic carbocycles. The predicted molar refractivity (Wildman–Crippen MR) is 77.5 cm³/mol. The molecule has 0 heterocycles. The van der Waals surface area contributed by atoms with Crippen LogP contribution in [-0.2, 0) is 0 Å². The fourth-order valence-electron chi connectivity index (χ4n) is 1.98. The van der Waals surface area contributed by atoms with Crippen LogP contribution in [0, 0.1) is 23.1 Å². The van der Waals surface area contributed by atoms with Crippen LogP contribution < -0.4 is 0 Å². The summed E-state index contributed by atoms with van der Waals surface area (Å²) in [6, 6.07) is 8.04. The molecule has 1 N–H and O–H groups in total. The first-order valence-corrected chi connectivity index (χ1v) is 7.05. The topological polar surface area (TPSA) is 47.3 Å². The van der Waals surface area contributed by atoms with Gasteiger partial charge in [0.25, 0.3) is 0 Å². The van der Waals surface area contributed by atoms with Gasteiger partial charge in [0.05, 0.1) is 12.2 Å². The molecule has 1 aromatic rings. The molecule has 110 valence electrons. The van der Waals surface area contributed by atoms with Gasteiger partial charge in [0.2, 0.25) is 0 Å². The van der Waals surface area contributed by atoms with Crippen molar-refractivity contribution in [2.24, 2.45) is 5.92 Å². The third-order valence-electron chi connectivity index (χ3n) is 3.25. The Morgan fingerprint density at radius 3 is 2.45 bits per heavy atom. The van der Waals surface area contributed by atoms with E-state index in [0.29, 0.717) is 31.0 Å². The number of nitrogens with zero attached hydrogens (tertiary/aromatic N) is 2. The highest BCUT2D eigenvalue weighted by molar-refractivity contribution is 5.18. The minimum atomic E-state index is -0.651. The van der Waals surface area contributed by atoms with E-state index in [1.807, 2.05) is 0 Å². The summed E-state index contributed by atoms with van der Waals surface area (Å²) in [5, 5.41) is 18.9. The molecule has 0 radical (unpaired) electrons. The summed E-state index contributed by atoms with van der Waals surface area (Å²) in [5.41, 5.74) is 0.706. The van der Waals surface area contributed by atoms with E-state index in [1.165, 1.54) is 12.1 Å². The average molecular weight is 278 g/mol. The van der Waals surface area contributed by atoms with Gasteiger partial charge in [0, 0.05) is 19.5 Å². The quantitative estimate of drug-likeness (QED) is 0.794. The number of rotatable bonds is 8. The van der Waals surface area contributed by atoms with Crippen molar-refractivity contribution in [3.63, 3.8) is 0 Å². The van der Waals surface area contributed by atoms with Crippen LogP contribution in [0.25, 0.3) is 0 Å². The smallest absolute Gasteiger partial charge is 0.123 e. The Hall–Kier alpha value is -1.44. The van der Waals surface area contributed by atoms with Crippen molar-refractivity contribution >= 4 is 0 Å². The summed E-state index contributed by atoms with van der Waals surface area (Å²) < 4.78 is 12.9. The second-order valence-electron chi connectivity index (χ2n) is 5.46. The van der Waals surface area contributed by atoms with Gasteiger partial charge in [-0.25, -0.2) is 4.39 Å². The maximum atomic E-state index is 12.9. The number of halogens is 1. The lowest BCUT2D eigenvalue weighted by atomic mass is 10.1. The van der Waals surface area contributed by atoms with Crippen LogP contribution in [0.5, 0.6) is 0 Å². The van der Waals surface area contributed by atoms with Gasteiger partial charge >= 0.3 is 0 Å². The van der Waals surface area contributed by atoms with Crippen LogP contribution in [0.15, 0.2) is 24.3 Å². The summed E-state index contributed by atoms with van der Waals surface area (Å²) >= 11 is 0. The van der Waals surface area contributed by atoms with Gasteiger partial charge in [-0.05, 0) is 36.6 Å². The maximum absolute atomic E-state index is 12.9. The van der Waals surface area contributed by atoms with E-state index in [-0.39, 0.29) is 5.82 Å². The molecule has 20 heavy (non-hydrogen) atoms. The van der Waals surface area contributed by atoms with Crippen molar-refractivity contribution in [2.75, 3.05) is 19.6 Å². The predicted octanol–water partition coefficient (Wildman–Crippen LogP) is 3.12. The Kier molecular flexibility index (Phi) is 7.21. The molecule has 3 nitrogen and oxygen atoms in total. The highest BCUT2D eigenvalue weighted by atomic mass is 19.1. The lowest BCUT2D eigenvalue weighted by Gasteiger charge is -2.25.